The minimum absolute atomic E-state index is 0. The highest BCUT2D eigenvalue weighted by atomic mass is 79.9. The molecule has 1 aliphatic heterocycles. The van der Waals surface area contributed by atoms with E-state index in [1.165, 1.54) is 0 Å². The predicted octanol–water partition coefficient (Wildman–Crippen LogP) is 3.00. The van der Waals surface area contributed by atoms with Crippen LogP contribution in [0.3, 0.4) is 0 Å². The van der Waals surface area contributed by atoms with Crippen LogP contribution in [0, 0.1) is 6.92 Å². The Kier molecular flexibility index (Phi) is 5.83. The minimum atomic E-state index is 0. The Balaban J connectivity index is 0.00000180. The minimum Gasteiger partial charge on any atom is -0.336 e. The van der Waals surface area contributed by atoms with Gasteiger partial charge in [0.1, 0.15) is 0 Å². The Labute approximate surface area is 129 Å². The molecule has 1 aromatic rings. The normalized spacial score (nSPS) is 22.8. The molecule has 5 heteroatoms. The van der Waals surface area contributed by atoms with Gasteiger partial charge in [0.2, 0.25) is 0 Å². The molecule has 3 nitrogen and oxygen atoms in total. The van der Waals surface area contributed by atoms with Gasteiger partial charge in [0, 0.05) is 35.2 Å². The summed E-state index contributed by atoms with van der Waals surface area (Å²) in [7, 11) is 0. The van der Waals surface area contributed by atoms with Crippen molar-refractivity contribution in [2.24, 2.45) is 0 Å². The molecular weight excluding hydrogens is 328 g/mol. The summed E-state index contributed by atoms with van der Waals surface area (Å²) in [4.78, 5) is 14.4. The largest absolute Gasteiger partial charge is 0.336 e. The van der Waals surface area contributed by atoms with Crippen molar-refractivity contribution in [1.29, 1.82) is 0 Å². The fraction of sp³-hybridized carbons (Fsp3) is 0.500. The van der Waals surface area contributed by atoms with Crippen molar-refractivity contribution in [3.05, 3.63) is 33.8 Å². The molecule has 1 fully saturated rings. The quantitative estimate of drug-likeness (QED) is 0.847. The first-order chi connectivity index (χ1) is 8.45. The molecule has 0 aromatic heterocycles. The summed E-state index contributed by atoms with van der Waals surface area (Å²) >= 11 is 3.45. The number of hydrogen-bond acceptors (Lipinski definition) is 2. The lowest BCUT2D eigenvalue weighted by Crippen LogP contribution is -2.55. The van der Waals surface area contributed by atoms with Crippen molar-refractivity contribution < 1.29 is 4.79 Å². The molecule has 0 aliphatic carbocycles. The second kappa shape index (κ2) is 6.73. The molecule has 2 rings (SSSR count). The van der Waals surface area contributed by atoms with E-state index >= 15 is 0 Å². The van der Waals surface area contributed by atoms with Crippen molar-refractivity contribution in [3.63, 3.8) is 0 Å². The van der Waals surface area contributed by atoms with E-state index in [1.54, 1.807) is 0 Å². The van der Waals surface area contributed by atoms with Gasteiger partial charge in [0.15, 0.2) is 0 Å². The van der Waals surface area contributed by atoms with Crippen LogP contribution in [0.5, 0.6) is 0 Å². The zero-order valence-electron chi connectivity index (χ0n) is 11.4. The number of halogens is 2. The Morgan fingerprint density at radius 2 is 1.84 bits per heavy atom. The Bertz CT molecular complexity index is 437. The number of amides is 1. The van der Waals surface area contributed by atoms with Crippen LogP contribution in [0.15, 0.2) is 22.7 Å². The molecule has 1 saturated heterocycles. The van der Waals surface area contributed by atoms with Gasteiger partial charge in [-0.05, 0) is 44.5 Å². The Morgan fingerprint density at radius 1 is 1.26 bits per heavy atom. The van der Waals surface area contributed by atoms with Gasteiger partial charge in [0.05, 0.1) is 0 Å². The first kappa shape index (κ1) is 16.5. The van der Waals surface area contributed by atoms with Crippen LogP contribution in [0.1, 0.15) is 29.8 Å². The first-order valence-electron chi connectivity index (χ1n) is 6.28. The lowest BCUT2D eigenvalue weighted by atomic mass is 10.1. The van der Waals surface area contributed by atoms with E-state index in [-0.39, 0.29) is 18.3 Å². The van der Waals surface area contributed by atoms with Crippen molar-refractivity contribution in [2.45, 2.75) is 32.9 Å². The first-order valence-corrected chi connectivity index (χ1v) is 7.07. The summed E-state index contributed by atoms with van der Waals surface area (Å²) < 4.78 is 0.960. The van der Waals surface area contributed by atoms with E-state index in [9.17, 15) is 4.79 Å². The van der Waals surface area contributed by atoms with Gasteiger partial charge in [-0.15, -0.1) is 12.4 Å². The summed E-state index contributed by atoms with van der Waals surface area (Å²) in [5.74, 6) is 0.125. The van der Waals surface area contributed by atoms with Gasteiger partial charge < -0.3 is 10.2 Å². The molecule has 106 valence electrons. The van der Waals surface area contributed by atoms with E-state index in [1.807, 2.05) is 30.0 Å². The molecule has 2 unspecified atom stereocenters. The lowest BCUT2D eigenvalue weighted by molar-refractivity contribution is 0.0673. The molecule has 0 saturated carbocycles. The van der Waals surface area contributed by atoms with Crippen molar-refractivity contribution in [3.8, 4) is 0 Å². The highest BCUT2D eigenvalue weighted by Gasteiger charge is 2.25. The summed E-state index contributed by atoms with van der Waals surface area (Å²) in [6, 6.07) is 6.56. The highest BCUT2D eigenvalue weighted by molar-refractivity contribution is 9.10. The fourth-order valence-corrected chi connectivity index (χ4v) is 3.14. The van der Waals surface area contributed by atoms with E-state index < -0.39 is 0 Å². The molecule has 0 radical (unpaired) electrons. The number of carbonyl (C=O) groups excluding carboxylic acids is 1. The third-order valence-corrected chi connectivity index (χ3v) is 3.59. The number of hydrogen-bond donors (Lipinski definition) is 1. The summed E-state index contributed by atoms with van der Waals surface area (Å²) in [6.07, 6.45) is 0. The zero-order valence-corrected chi connectivity index (χ0v) is 13.8. The van der Waals surface area contributed by atoms with Gasteiger partial charge in [-0.25, -0.2) is 0 Å². The molecule has 1 aromatic carbocycles. The average Bonchev–Trinajstić information content (AvgIpc) is 2.25. The summed E-state index contributed by atoms with van der Waals surface area (Å²) in [5, 5.41) is 3.44. The molecular formula is C14H20BrClN2O. The highest BCUT2D eigenvalue weighted by Crippen LogP contribution is 2.18. The maximum atomic E-state index is 12.5. The number of carbonyl (C=O) groups is 1. The average molecular weight is 348 g/mol. The van der Waals surface area contributed by atoms with Crippen LogP contribution in [0.25, 0.3) is 0 Å². The maximum Gasteiger partial charge on any atom is 0.254 e. The Morgan fingerprint density at radius 3 is 2.37 bits per heavy atom. The maximum absolute atomic E-state index is 12.5. The van der Waals surface area contributed by atoms with Crippen molar-refractivity contribution in [2.75, 3.05) is 13.1 Å². The molecule has 0 spiro atoms. The zero-order chi connectivity index (χ0) is 13.3. The molecule has 1 N–H and O–H groups in total. The standard InChI is InChI=1S/C14H19BrN2O.ClH/c1-9-4-12(6-13(15)5-9)14(18)17-7-10(2)16-11(3)8-17;/h4-6,10-11,16H,7-8H2,1-3H3;1H. The van der Waals surface area contributed by atoms with E-state index in [0.29, 0.717) is 12.1 Å². The Hall–Kier alpha value is -0.580. The number of benzene rings is 1. The van der Waals surface area contributed by atoms with E-state index in [4.69, 9.17) is 0 Å². The number of rotatable bonds is 1. The van der Waals surface area contributed by atoms with Gasteiger partial charge in [-0.3, -0.25) is 4.79 Å². The third kappa shape index (κ3) is 4.20. The monoisotopic (exact) mass is 346 g/mol. The van der Waals surface area contributed by atoms with Gasteiger partial charge in [-0.2, -0.15) is 0 Å². The van der Waals surface area contributed by atoms with Gasteiger partial charge in [0.25, 0.3) is 5.91 Å². The van der Waals surface area contributed by atoms with E-state index in [2.05, 4.69) is 35.1 Å². The smallest absolute Gasteiger partial charge is 0.254 e. The van der Waals surface area contributed by atoms with Crippen molar-refractivity contribution in [1.82, 2.24) is 10.2 Å². The molecule has 1 heterocycles. The fourth-order valence-electron chi connectivity index (χ4n) is 2.54. The molecule has 1 amide bonds. The number of nitrogens with one attached hydrogen (secondary N) is 1. The number of nitrogens with zero attached hydrogens (tertiary/aromatic N) is 1. The topological polar surface area (TPSA) is 32.3 Å². The van der Waals surface area contributed by atoms with Crippen LogP contribution >= 0.6 is 28.3 Å². The molecule has 2 atom stereocenters. The van der Waals surface area contributed by atoms with Crippen LogP contribution in [0.4, 0.5) is 0 Å². The van der Waals surface area contributed by atoms with Crippen LogP contribution in [-0.4, -0.2) is 36.0 Å². The predicted molar refractivity (Wildman–Crippen MR) is 84.1 cm³/mol. The second-order valence-electron chi connectivity index (χ2n) is 5.20. The number of piperazine rings is 1. The van der Waals surface area contributed by atoms with Crippen molar-refractivity contribution >= 4 is 34.2 Å². The van der Waals surface area contributed by atoms with Gasteiger partial charge >= 0.3 is 0 Å². The summed E-state index contributed by atoms with van der Waals surface area (Å²) in [5.41, 5.74) is 1.87. The molecule has 0 bridgehead atoms. The summed E-state index contributed by atoms with van der Waals surface area (Å²) in [6.45, 7) is 7.78. The second-order valence-corrected chi connectivity index (χ2v) is 6.11. The lowest BCUT2D eigenvalue weighted by Gasteiger charge is -2.36. The van der Waals surface area contributed by atoms with E-state index in [0.717, 1.165) is 28.7 Å². The molecule has 1 aliphatic rings. The SMILES string of the molecule is Cc1cc(Br)cc(C(=O)N2CC(C)NC(C)C2)c1.Cl. The van der Waals surface area contributed by atoms with Gasteiger partial charge in [-0.1, -0.05) is 15.9 Å². The third-order valence-electron chi connectivity index (χ3n) is 3.13. The molecule has 19 heavy (non-hydrogen) atoms. The van der Waals surface area contributed by atoms with Crippen LogP contribution < -0.4 is 5.32 Å². The van der Waals surface area contributed by atoms with Crippen LogP contribution in [-0.2, 0) is 0 Å². The van der Waals surface area contributed by atoms with Crippen LogP contribution in [0.2, 0.25) is 0 Å². The number of aryl methyl sites for hydroxylation is 1.